The Labute approximate surface area is 230 Å². The second-order valence-electron chi connectivity index (χ2n) is 9.53. The van der Waals surface area contributed by atoms with Crippen LogP contribution >= 0.6 is 0 Å². The van der Waals surface area contributed by atoms with Crippen LogP contribution in [0.1, 0.15) is 28.7 Å². The lowest BCUT2D eigenvalue weighted by molar-refractivity contribution is -0.146. The predicted molar refractivity (Wildman–Crippen MR) is 152 cm³/mol. The molecule has 0 fully saturated rings. The van der Waals surface area contributed by atoms with E-state index in [0.29, 0.717) is 19.5 Å². The average Bonchev–Trinajstić information content (AvgIpc) is 2.94. The predicted octanol–water partition coefficient (Wildman–Crippen LogP) is 5.84. The molecule has 6 nitrogen and oxygen atoms in total. The molecule has 0 aliphatic rings. The van der Waals surface area contributed by atoms with Gasteiger partial charge in [0.15, 0.2) is 0 Å². The monoisotopic (exact) mass is 543 g/mol. The summed E-state index contributed by atoms with van der Waals surface area (Å²) in [6.45, 7) is 3.45. The lowest BCUT2D eigenvalue weighted by atomic mass is 9.96. The number of rotatable bonds is 13. The number of benzene rings is 4. The number of esters is 1. The molecule has 0 aliphatic carbocycles. The Bertz CT molecular complexity index is 1420. The van der Waals surface area contributed by atoms with Gasteiger partial charge in [-0.3, -0.25) is 4.79 Å². The van der Waals surface area contributed by atoms with Crippen LogP contribution in [-0.4, -0.2) is 20.9 Å². The van der Waals surface area contributed by atoms with E-state index in [9.17, 15) is 13.2 Å². The minimum Gasteiger partial charge on any atom is -0.461 e. The first kappa shape index (κ1) is 28.1. The zero-order chi connectivity index (χ0) is 27.5. The third-order valence-electron chi connectivity index (χ3n) is 6.27. The summed E-state index contributed by atoms with van der Waals surface area (Å²) >= 11 is 0. The Kier molecular flexibility index (Phi) is 9.89. The molecule has 0 heterocycles. The summed E-state index contributed by atoms with van der Waals surface area (Å²) in [5.41, 5.74) is 4.05. The lowest BCUT2D eigenvalue weighted by Gasteiger charge is -2.18. The molecule has 39 heavy (non-hydrogen) atoms. The van der Waals surface area contributed by atoms with Gasteiger partial charge in [-0.05, 0) is 66.8 Å². The van der Waals surface area contributed by atoms with Gasteiger partial charge in [0.1, 0.15) is 17.3 Å². The average molecular weight is 544 g/mol. The number of aryl methyl sites for hydroxylation is 1. The fourth-order valence-electron chi connectivity index (χ4n) is 4.16. The van der Waals surface area contributed by atoms with Crippen molar-refractivity contribution in [3.8, 4) is 5.75 Å². The molecule has 0 aliphatic heterocycles. The maximum atomic E-state index is 12.7. The molecule has 0 aromatic heterocycles. The molecule has 0 amide bonds. The molecule has 4 rings (SSSR count). The summed E-state index contributed by atoms with van der Waals surface area (Å²) in [4.78, 5) is 12.8. The quantitative estimate of drug-likeness (QED) is 0.168. The van der Waals surface area contributed by atoms with Crippen LogP contribution in [0.15, 0.2) is 114 Å². The largest absolute Gasteiger partial charge is 0.461 e. The van der Waals surface area contributed by atoms with Gasteiger partial charge in [-0.15, -0.1) is 0 Å². The summed E-state index contributed by atoms with van der Waals surface area (Å²) in [5.74, 6) is -0.0325. The number of hydrogen-bond acceptors (Lipinski definition) is 6. The van der Waals surface area contributed by atoms with E-state index in [1.807, 2.05) is 67.6 Å². The van der Waals surface area contributed by atoms with Crippen molar-refractivity contribution in [2.45, 2.75) is 37.8 Å². The maximum absolute atomic E-state index is 12.7. The van der Waals surface area contributed by atoms with Crippen LogP contribution in [0.4, 0.5) is 0 Å². The van der Waals surface area contributed by atoms with Crippen LogP contribution in [0.25, 0.3) is 0 Å². The van der Waals surface area contributed by atoms with Crippen molar-refractivity contribution in [2.24, 2.45) is 5.92 Å². The fourth-order valence-corrected chi connectivity index (χ4v) is 5.09. The third-order valence-corrected chi connectivity index (χ3v) is 7.53. The van der Waals surface area contributed by atoms with Gasteiger partial charge in [-0.1, -0.05) is 90.5 Å². The Morgan fingerprint density at radius 3 is 2.03 bits per heavy atom. The van der Waals surface area contributed by atoms with Crippen LogP contribution in [0, 0.1) is 12.8 Å². The first-order valence-corrected chi connectivity index (χ1v) is 14.3. The van der Waals surface area contributed by atoms with Gasteiger partial charge >= 0.3 is 16.1 Å². The van der Waals surface area contributed by atoms with Crippen LogP contribution in [-0.2, 0) is 39.2 Å². The van der Waals surface area contributed by atoms with Gasteiger partial charge in [0.25, 0.3) is 0 Å². The Balaban J connectivity index is 1.37. The van der Waals surface area contributed by atoms with Crippen LogP contribution < -0.4 is 9.50 Å². The molecule has 202 valence electrons. The third kappa shape index (κ3) is 9.09. The first-order chi connectivity index (χ1) is 18.9. The normalized spacial score (nSPS) is 12.0. The van der Waals surface area contributed by atoms with Crippen molar-refractivity contribution in [3.63, 3.8) is 0 Å². The van der Waals surface area contributed by atoms with Gasteiger partial charge < -0.3 is 14.2 Å². The Morgan fingerprint density at radius 2 is 1.38 bits per heavy atom. The molecule has 4 aromatic rings. The summed E-state index contributed by atoms with van der Waals surface area (Å²) in [7, 11) is -3.92. The van der Waals surface area contributed by atoms with E-state index < -0.39 is 10.1 Å². The zero-order valence-electron chi connectivity index (χ0n) is 22.0. The molecule has 0 spiro atoms. The van der Waals surface area contributed by atoms with Crippen LogP contribution in [0.3, 0.4) is 0 Å². The molecular formula is C32H33NO5S. The van der Waals surface area contributed by atoms with E-state index >= 15 is 0 Å². The highest BCUT2D eigenvalue weighted by Crippen LogP contribution is 2.22. The summed E-state index contributed by atoms with van der Waals surface area (Å²) < 4.78 is 36.1. The number of ether oxygens (including phenoxy) is 1. The molecule has 0 radical (unpaired) electrons. The molecule has 7 heteroatoms. The topological polar surface area (TPSA) is 81.7 Å². The SMILES string of the molecule is Cc1ccc(S(=O)(=O)Oc2ccc(CC(CNCc3ccccc3)CC(=O)OCc3ccccc3)cc2)cc1. The van der Waals surface area contributed by atoms with Crippen molar-refractivity contribution in [1.82, 2.24) is 5.32 Å². The first-order valence-electron chi connectivity index (χ1n) is 12.9. The number of carbonyl (C=O) groups excluding carboxylic acids is 1. The highest BCUT2D eigenvalue weighted by molar-refractivity contribution is 7.87. The summed E-state index contributed by atoms with van der Waals surface area (Å²) in [5, 5.41) is 3.45. The van der Waals surface area contributed by atoms with Crippen molar-refractivity contribution < 1.29 is 22.1 Å². The molecule has 0 saturated carbocycles. The standard InChI is InChI=1S/C32H33NO5S/c1-25-12-18-31(19-13-25)39(35,36)38-30-16-14-26(15-17-30)20-29(23-33-22-27-8-4-2-5-9-27)21-32(34)37-24-28-10-6-3-7-11-28/h2-19,29,33H,20-24H2,1H3. The van der Waals surface area contributed by atoms with Gasteiger partial charge in [0, 0.05) is 13.0 Å². The minimum atomic E-state index is -3.92. The molecular weight excluding hydrogens is 510 g/mol. The maximum Gasteiger partial charge on any atom is 0.339 e. The second-order valence-corrected chi connectivity index (χ2v) is 11.1. The molecule has 1 N–H and O–H groups in total. The van der Waals surface area contributed by atoms with E-state index in [1.165, 1.54) is 17.7 Å². The van der Waals surface area contributed by atoms with E-state index in [2.05, 4.69) is 17.4 Å². The second kappa shape index (κ2) is 13.7. The van der Waals surface area contributed by atoms with Crippen LogP contribution in [0.5, 0.6) is 5.75 Å². The highest BCUT2D eigenvalue weighted by atomic mass is 32.2. The molecule has 1 atom stereocenters. The van der Waals surface area contributed by atoms with Crippen molar-refractivity contribution >= 4 is 16.1 Å². The molecule has 0 saturated heterocycles. The van der Waals surface area contributed by atoms with E-state index in [4.69, 9.17) is 8.92 Å². The molecule has 0 bridgehead atoms. The highest BCUT2D eigenvalue weighted by Gasteiger charge is 2.18. The Morgan fingerprint density at radius 1 is 0.769 bits per heavy atom. The van der Waals surface area contributed by atoms with Gasteiger partial charge in [-0.25, -0.2) is 0 Å². The van der Waals surface area contributed by atoms with Crippen molar-refractivity contribution in [1.29, 1.82) is 0 Å². The van der Waals surface area contributed by atoms with E-state index in [0.717, 1.165) is 16.7 Å². The number of carbonyl (C=O) groups is 1. The molecule has 1 unspecified atom stereocenters. The fraction of sp³-hybridized carbons (Fsp3) is 0.219. The zero-order valence-corrected chi connectivity index (χ0v) is 22.8. The van der Waals surface area contributed by atoms with Gasteiger partial charge in [-0.2, -0.15) is 8.42 Å². The lowest BCUT2D eigenvalue weighted by Crippen LogP contribution is -2.26. The minimum absolute atomic E-state index is 0.0138. The van der Waals surface area contributed by atoms with Crippen molar-refractivity contribution in [2.75, 3.05) is 6.54 Å². The smallest absolute Gasteiger partial charge is 0.339 e. The van der Waals surface area contributed by atoms with E-state index in [-0.39, 0.29) is 35.6 Å². The summed E-state index contributed by atoms with van der Waals surface area (Å²) in [6, 6.07) is 33.2. The Hall–Kier alpha value is -3.94. The molecule has 4 aromatic carbocycles. The van der Waals surface area contributed by atoms with Gasteiger partial charge in [0.05, 0.1) is 0 Å². The number of hydrogen-bond donors (Lipinski definition) is 1. The van der Waals surface area contributed by atoms with Crippen LogP contribution in [0.2, 0.25) is 0 Å². The van der Waals surface area contributed by atoms with E-state index in [1.54, 1.807) is 24.3 Å². The summed E-state index contributed by atoms with van der Waals surface area (Å²) in [6.07, 6.45) is 0.877. The van der Waals surface area contributed by atoms with Gasteiger partial charge in [0.2, 0.25) is 0 Å². The number of nitrogens with one attached hydrogen (secondary N) is 1. The van der Waals surface area contributed by atoms with Crippen molar-refractivity contribution in [3.05, 3.63) is 131 Å².